The molecule has 1 aromatic rings. The lowest BCUT2D eigenvalue weighted by molar-refractivity contribution is -0.138. The van der Waals surface area contributed by atoms with Crippen LogP contribution in [-0.4, -0.2) is 29.4 Å². The number of carbonyl (C=O) groups excluding carboxylic acids is 2. The number of halogens is 3. The van der Waals surface area contributed by atoms with Crippen molar-refractivity contribution in [2.75, 3.05) is 6.54 Å². The molecule has 1 saturated carbocycles. The first kappa shape index (κ1) is 20.4. The number of rotatable bonds is 6. The Hall–Kier alpha value is -1.92. The molecule has 1 N–H and O–H groups in total. The first-order valence-corrected chi connectivity index (χ1v) is 8.95. The molecule has 144 valence electrons. The maximum atomic E-state index is 12.5. The fourth-order valence-corrected chi connectivity index (χ4v) is 3.65. The molecule has 0 aliphatic heterocycles. The Morgan fingerprint density at radius 3 is 2.42 bits per heavy atom. The Bertz CT molecular complexity index is 665. The van der Waals surface area contributed by atoms with Crippen LogP contribution < -0.4 is 5.32 Å². The van der Waals surface area contributed by atoms with Crippen LogP contribution in [0.1, 0.15) is 62.4 Å². The molecule has 4 nitrogen and oxygen atoms in total. The lowest BCUT2D eigenvalue weighted by Gasteiger charge is -2.36. The van der Waals surface area contributed by atoms with Gasteiger partial charge in [-0.3, -0.25) is 14.6 Å². The number of hydrogen-bond acceptors (Lipinski definition) is 3. The fraction of sp³-hybridized carbons (Fsp3) is 0.632. The molecule has 0 saturated heterocycles. The monoisotopic (exact) mass is 370 g/mol. The standard InChI is InChI=1S/C19H25F3N2O2/c1-13-6-7-15(8-9-16(26)23-12-19(20,21)22)17(24-13)18(14(2)25)10-4-3-5-11-18/h6-7H,3-5,8-12H2,1-2H3,(H,23,26). The van der Waals surface area contributed by atoms with Crippen molar-refractivity contribution in [2.24, 2.45) is 0 Å². The van der Waals surface area contributed by atoms with E-state index in [0.29, 0.717) is 5.69 Å². The lowest BCUT2D eigenvalue weighted by Crippen LogP contribution is -2.38. The molecule has 0 aromatic carbocycles. The first-order valence-electron chi connectivity index (χ1n) is 8.95. The number of nitrogens with one attached hydrogen (secondary N) is 1. The van der Waals surface area contributed by atoms with E-state index in [9.17, 15) is 22.8 Å². The average molecular weight is 370 g/mol. The van der Waals surface area contributed by atoms with Gasteiger partial charge in [-0.1, -0.05) is 25.3 Å². The Labute approximate surface area is 151 Å². The molecule has 1 heterocycles. The van der Waals surface area contributed by atoms with Crippen molar-refractivity contribution in [3.63, 3.8) is 0 Å². The Balaban J connectivity index is 2.19. The second-order valence-electron chi connectivity index (χ2n) is 7.05. The third-order valence-electron chi connectivity index (χ3n) is 5.06. The second kappa shape index (κ2) is 8.18. The van der Waals surface area contributed by atoms with Crippen LogP contribution in [0.15, 0.2) is 12.1 Å². The van der Waals surface area contributed by atoms with E-state index in [1.165, 1.54) is 0 Å². The first-order chi connectivity index (χ1) is 12.1. The van der Waals surface area contributed by atoms with Gasteiger partial charge in [0.05, 0.1) is 11.1 Å². The summed E-state index contributed by atoms with van der Waals surface area (Å²) in [6.45, 7) is 2.09. The highest BCUT2D eigenvalue weighted by molar-refractivity contribution is 5.88. The number of pyridine rings is 1. The van der Waals surface area contributed by atoms with Gasteiger partial charge in [0.15, 0.2) is 0 Å². The highest BCUT2D eigenvalue weighted by atomic mass is 19.4. The van der Waals surface area contributed by atoms with Crippen LogP contribution in [0.25, 0.3) is 0 Å². The van der Waals surface area contributed by atoms with Crippen LogP contribution >= 0.6 is 0 Å². The molecule has 26 heavy (non-hydrogen) atoms. The third kappa shape index (κ3) is 5.05. The average Bonchev–Trinajstić information content (AvgIpc) is 2.58. The smallest absolute Gasteiger partial charge is 0.347 e. The number of aromatic nitrogens is 1. The van der Waals surface area contributed by atoms with Crippen molar-refractivity contribution < 1.29 is 22.8 Å². The van der Waals surface area contributed by atoms with E-state index in [2.05, 4.69) is 4.98 Å². The predicted octanol–water partition coefficient (Wildman–Crippen LogP) is 3.79. The molecular weight excluding hydrogens is 345 g/mol. The van der Waals surface area contributed by atoms with Crippen molar-refractivity contribution >= 4 is 11.7 Å². The van der Waals surface area contributed by atoms with Gasteiger partial charge in [0.2, 0.25) is 5.91 Å². The van der Waals surface area contributed by atoms with E-state index < -0.39 is 24.0 Å². The number of alkyl halides is 3. The lowest BCUT2D eigenvalue weighted by atomic mass is 9.67. The summed E-state index contributed by atoms with van der Waals surface area (Å²) in [5, 5.41) is 1.88. The van der Waals surface area contributed by atoms with E-state index in [-0.39, 0.29) is 18.6 Å². The maximum absolute atomic E-state index is 12.5. The number of hydrogen-bond donors (Lipinski definition) is 1. The molecule has 7 heteroatoms. The fourth-order valence-electron chi connectivity index (χ4n) is 3.65. The molecule has 1 amide bonds. The summed E-state index contributed by atoms with van der Waals surface area (Å²) in [4.78, 5) is 28.8. The Kier molecular flexibility index (Phi) is 6.42. The highest BCUT2D eigenvalue weighted by Crippen LogP contribution is 2.41. The second-order valence-corrected chi connectivity index (χ2v) is 7.05. The van der Waals surface area contributed by atoms with E-state index in [4.69, 9.17) is 0 Å². The van der Waals surface area contributed by atoms with Crippen molar-refractivity contribution in [1.29, 1.82) is 0 Å². The minimum Gasteiger partial charge on any atom is -0.347 e. The molecule has 0 unspecified atom stereocenters. The number of ketones is 1. The van der Waals surface area contributed by atoms with Gasteiger partial charge in [0.25, 0.3) is 0 Å². The van der Waals surface area contributed by atoms with Crippen molar-refractivity contribution in [3.05, 3.63) is 29.1 Å². The minimum absolute atomic E-state index is 0.0677. The predicted molar refractivity (Wildman–Crippen MR) is 91.8 cm³/mol. The van der Waals surface area contributed by atoms with Crippen LogP contribution in [0.3, 0.4) is 0 Å². The Morgan fingerprint density at radius 1 is 1.19 bits per heavy atom. The van der Waals surface area contributed by atoms with Gasteiger partial charge in [0.1, 0.15) is 12.3 Å². The molecular formula is C19H25F3N2O2. The molecule has 0 bridgehead atoms. The minimum atomic E-state index is -4.42. The number of amides is 1. The molecule has 0 spiro atoms. The van der Waals surface area contributed by atoms with Crippen LogP contribution in [0.5, 0.6) is 0 Å². The summed E-state index contributed by atoms with van der Waals surface area (Å²) < 4.78 is 36.6. The Morgan fingerprint density at radius 2 is 1.85 bits per heavy atom. The summed E-state index contributed by atoms with van der Waals surface area (Å²) in [6.07, 6.45) is 0.200. The maximum Gasteiger partial charge on any atom is 0.405 e. The van der Waals surface area contributed by atoms with Crippen molar-refractivity contribution in [2.45, 2.75) is 70.4 Å². The highest BCUT2D eigenvalue weighted by Gasteiger charge is 2.41. The van der Waals surface area contributed by atoms with Crippen LogP contribution in [0.2, 0.25) is 0 Å². The molecule has 2 rings (SSSR count). The van der Waals surface area contributed by atoms with Gasteiger partial charge in [-0.2, -0.15) is 13.2 Å². The number of aryl methyl sites for hydroxylation is 2. The molecule has 0 radical (unpaired) electrons. The number of carbonyl (C=O) groups is 2. The summed E-state index contributed by atoms with van der Waals surface area (Å²) in [5.41, 5.74) is 1.63. The van der Waals surface area contributed by atoms with E-state index >= 15 is 0 Å². The molecule has 1 aromatic heterocycles. The molecule has 1 fully saturated rings. The third-order valence-corrected chi connectivity index (χ3v) is 5.06. The van der Waals surface area contributed by atoms with Gasteiger partial charge >= 0.3 is 6.18 Å². The summed E-state index contributed by atoms with van der Waals surface area (Å²) >= 11 is 0. The van der Waals surface area contributed by atoms with E-state index in [0.717, 1.165) is 43.4 Å². The van der Waals surface area contributed by atoms with E-state index in [1.807, 2.05) is 24.4 Å². The van der Waals surface area contributed by atoms with Gasteiger partial charge < -0.3 is 5.32 Å². The molecule has 0 atom stereocenters. The topological polar surface area (TPSA) is 59.1 Å². The number of Topliss-reactive ketones (excluding diaryl/α,β-unsaturated/α-hetero) is 1. The summed E-state index contributed by atoms with van der Waals surface area (Å²) in [5.74, 6) is -0.590. The zero-order valence-corrected chi connectivity index (χ0v) is 15.2. The van der Waals surface area contributed by atoms with Crippen LogP contribution in [0.4, 0.5) is 13.2 Å². The van der Waals surface area contributed by atoms with Crippen LogP contribution in [-0.2, 0) is 21.4 Å². The SMILES string of the molecule is CC(=O)C1(c2nc(C)ccc2CCC(=O)NCC(F)(F)F)CCCCC1. The quantitative estimate of drug-likeness (QED) is 0.829. The molecule has 1 aliphatic carbocycles. The van der Waals surface area contributed by atoms with Gasteiger partial charge in [0, 0.05) is 12.1 Å². The zero-order valence-electron chi connectivity index (χ0n) is 15.2. The zero-order chi connectivity index (χ0) is 19.4. The van der Waals surface area contributed by atoms with Gasteiger partial charge in [-0.25, -0.2) is 0 Å². The largest absolute Gasteiger partial charge is 0.405 e. The molecule has 1 aliphatic rings. The van der Waals surface area contributed by atoms with Crippen LogP contribution in [0, 0.1) is 6.92 Å². The van der Waals surface area contributed by atoms with Gasteiger partial charge in [-0.15, -0.1) is 0 Å². The normalized spacial score (nSPS) is 17.0. The summed E-state index contributed by atoms with van der Waals surface area (Å²) in [6, 6.07) is 3.65. The van der Waals surface area contributed by atoms with Crippen molar-refractivity contribution in [3.8, 4) is 0 Å². The van der Waals surface area contributed by atoms with Gasteiger partial charge in [-0.05, 0) is 44.7 Å². The summed E-state index contributed by atoms with van der Waals surface area (Å²) in [7, 11) is 0. The van der Waals surface area contributed by atoms with E-state index in [1.54, 1.807) is 6.92 Å². The van der Waals surface area contributed by atoms with Crippen molar-refractivity contribution in [1.82, 2.24) is 10.3 Å². The number of nitrogens with zero attached hydrogens (tertiary/aromatic N) is 1.